The fraction of sp³-hybridized carbons (Fsp3) is 0.857. The summed E-state index contributed by atoms with van der Waals surface area (Å²) in [5, 5.41) is 6.06. The van der Waals surface area contributed by atoms with Crippen LogP contribution in [0.4, 0.5) is 0 Å². The molecule has 0 aromatic carbocycles. The molecule has 0 atom stereocenters. The van der Waals surface area contributed by atoms with Crippen LogP contribution >= 0.6 is 0 Å². The topological polar surface area (TPSA) is 79.5 Å². The van der Waals surface area contributed by atoms with Gasteiger partial charge in [0.2, 0.25) is 5.91 Å². The smallest absolute Gasteiger partial charge is 0.220 e. The minimum absolute atomic E-state index is 0.142. The second-order valence-corrected chi connectivity index (χ2v) is 5.20. The molecular formula is C14H28N4O. The standard InChI is InChI=1S/C14H28N4O/c1-2-3-4-5-10-16-14(15)17-11-6-7-13(19)18-12-8-9-12/h12H,2-11H2,1H3,(H,18,19)(H3,15,16,17). The average molecular weight is 268 g/mol. The highest BCUT2D eigenvalue weighted by molar-refractivity contribution is 5.78. The Labute approximate surface area is 116 Å². The number of carbonyl (C=O) groups excluding carboxylic acids is 1. The van der Waals surface area contributed by atoms with Crippen LogP contribution in [0.15, 0.2) is 4.99 Å². The maximum Gasteiger partial charge on any atom is 0.220 e. The first kappa shape index (κ1) is 15.8. The third-order valence-corrected chi connectivity index (χ3v) is 3.12. The quantitative estimate of drug-likeness (QED) is 0.319. The first-order valence-electron chi connectivity index (χ1n) is 7.55. The number of unbranched alkanes of at least 4 members (excludes halogenated alkanes) is 3. The summed E-state index contributed by atoms with van der Waals surface area (Å²) in [5.41, 5.74) is 5.73. The van der Waals surface area contributed by atoms with E-state index in [1.807, 2.05) is 0 Å². The Bertz CT molecular complexity index is 287. The van der Waals surface area contributed by atoms with Crippen molar-refractivity contribution in [1.29, 1.82) is 0 Å². The number of guanidine groups is 1. The normalized spacial score (nSPS) is 15.3. The zero-order valence-corrected chi connectivity index (χ0v) is 12.1. The Kier molecular flexibility index (Phi) is 8.02. The van der Waals surface area contributed by atoms with Crippen molar-refractivity contribution in [1.82, 2.24) is 10.6 Å². The molecule has 0 saturated heterocycles. The predicted molar refractivity (Wildman–Crippen MR) is 79.0 cm³/mol. The van der Waals surface area contributed by atoms with E-state index >= 15 is 0 Å². The number of aliphatic imine (C=N–C) groups is 1. The molecule has 0 aliphatic heterocycles. The number of nitrogens with two attached hydrogens (primary N) is 1. The molecule has 1 saturated carbocycles. The van der Waals surface area contributed by atoms with Crippen LogP contribution in [0.3, 0.4) is 0 Å². The Balaban J connectivity index is 1.92. The molecule has 110 valence electrons. The molecule has 4 N–H and O–H groups in total. The molecule has 0 unspecified atom stereocenters. The number of hydrogen-bond donors (Lipinski definition) is 3. The molecular weight excluding hydrogens is 240 g/mol. The monoisotopic (exact) mass is 268 g/mol. The molecule has 0 heterocycles. The zero-order valence-electron chi connectivity index (χ0n) is 12.1. The first-order valence-corrected chi connectivity index (χ1v) is 7.55. The summed E-state index contributed by atoms with van der Waals surface area (Å²) in [5.74, 6) is 0.642. The zero-order chi connectivity index (χ0) is 13.9. The molecule has 1 rings (SSSR count). The SMILES string of the molecule is CCCCCCNC(N)=NCCCC(=O)NC1CC1. The molecule has 1 aliphatic rings. The van der Waals surface area contributed by atoms with E-state index in [2.05, 4.69) is 22.5 Å². The van der Waals surface area contributed by atoms with Crippen molar-refractivity contribution in [2.75, 3.05) is 13.1 Å². The van der Waals surface area contributed by atoms with Crippen LogP contribution in [0, 0.1) is 0 Å². The fourth-order valence-corrected chi connectivity index (χ4v) is 1.79. The number of nitrogens with zero attached hydrogens (tertiary/aromatic N) is 1. The Morgan fingerprint density at radius 2 is 2.05 bits per heavy atom. The van der Waals surface area contributed by atoms with Gasteiger partial charge in [0.25, 0.3) is 0 Å². The molecule has 0 aromatic heterocycles. The van der Waals surface area contributed by atoms with Gasteiger partial charge in [-0.1, -0.05) is 26.2 Å². The summed E-state index contributed by atoms with van der Waals surface area (Å²) < 4.78 is 0. The van der Waals surface area contributed by atoms with Crippen molar-refractivity contribution in [3.05, 3.63) is 0 Å². The van der Waals surface area contributed by atoms with E-state index in [0.717, 1.165) is 32.2 Å². The maximum absolute atomic E-state index is 11.4. The Hall–Kier alpha value is -1.26. The Morgan fingerprint density at radius 3 is 2.74 bits per heavy atom. The minimum Gasteiger partial charge on any atom is -0.370 e. The number of hydrogen-bond acceptors (Lipinski definition) is 2. The van der Waals surface area contributed by atoms with Gasteiger partial charge in [-0.05, 0) is 25.7 Å². The van der Waals surface area contributed by atoms with E-state index < -0.39 is 0 Å². The van der Waals surface area contributed by atoms with Gasteiger partial charge in [-0.15, -0.1) is 0 Å². The van der Waals surface area contributed by atoms with Crippen LogP contribution in [0.1, 0.15) is 58.3 Å². The summed E-state index contributed by atoms with van der Waals surface area (Å²) in [4.78, 5) is 15.6. The van der Waals surface area contributed by atoms with Crippen molar-refractivity contribution < 1.29 is 4.79 Å². The average Bonchev–Trinajstić information content (AvgIpc) is 3.18. The van der Waals surface area contributed by atoms with Crippen LogP contribution < -0.4 is 16.4 Å². The van der Waals surface area contributed by atoms with Crippen molar-refractivity contribution in [3.8, 4) is 0 Å². The number of carbonyl (C=O) groups is 1. The molecule has 1 aliphatic carbocycles. The predicted octanol–water partition coefficient (Wildman–Crippen LogP) is 1.53. The van der Waals surface area contributed by atoms with Gasteiger partial charge in [0.05, 0.1) is 0 Å². The molecule has 0 spiro atoms. The van der Waals surface area contributed by atoms with Crippen LogP contribution in [0.2, 0.25) is 0 Å². The fourth-order valence-electron chi connectivity index (χ4n) is 1.79. The van der Waals surface area contributed by atoms with Gasteiger partial charge in [-0.25, -0.2) is 0 Å². The number of amides is 1. The second kappa shape index (κ2) is 9.64. The molecule has 19 heavy (non-hydrogen) atoms. The first-order chi connectivity index (χ1) is 9.22. The lowest BCUT2D eigenvalue weighted by atomic mass is 10.2. The minimum atomic E-state index is 0.142. The van der Waals surface area contributed by atoms with Gasteiger partial charge >= 0.3 is 0 Å². The molecule has 0 aromatic rings. The van der Waals surface area contributed by atoms with Gasteiger partial charge < -0.3 is 16.4 Å². The van der Waals surface area contributed by atoms with Crippen molar-refractivity contribution in [3.63, 3.8) is 0 Å². The van der Waals surface area contributed by atoms with Gasteiger partial charge in [-0.2, -0.15) is 0 Å². The molecule has 1 fully saturated rings. The van der Waals surface area contributed by atoms with Crippen LogP contribution in [0.25, 0.3) is 0 Å². The lowest BCUT2D eigenvalue weighted by molar-refractivity contribution is -0.121. The van der Waals surface area contributed by atoms with E-state index in [-0.39, 0.29) is 5.91 Å². The summed E-state index contributed by atoms with van der Waals surface area (Å²) in [6.07, 6.45) is 8.46. The third-order valence-electron chi connectivity index (χ3n) is 3.12. The van der Waals surface area contributed by atoms with Crippen molar-refractivity contribution in [2.45, 2.75) is 64.3 Å². The molecule has 5 heteroatoms. The summed E-state index contributed by atoms with van der Waals surface area (Å²) in [6, 6.07) is 0.450. The summed E-state index contributed by atoms with van der Waals surface area (Å²) >= 11 is 0. The lowest BCUT2D eigenvalue weighted by Crippen LogP contribution is -2.32. The molecule has 0 radical (unpaired) electrons. The van der Waals surface area contributed by atoms with E-state index in [1.54, 1.807) is 0 Å². The maximum atomic E-state index is 11.4. The van der Waals surface area contributed by atoms with E-state index in [0.29, 0.717) is 25.0 Å². The van der Waals surface area contributed by atoms with Crippen LogP contribution in [0.5, 0.6) is 0 Å². The third kappa shape index (κ3) is 9.33. The molecule has 5 nitrogen and oxygen atoms in total. The van der Waals surface area contributed by atoms with Crippen LogP contribution in [-0.2, 0) is 4.79 Å². The molecule has 0 bridgehead atoms. The van der Waals surface area contributed by atoms with Gasteiger partial charge in [0.15, 0.2) is 5.96 Å². The van der Waals surface area contributed by atoms with E-state index in [4.69, 9.17) is 5.73 Å². The summed E-state index contributed by atoms with van der Waals surface area (Å²) in [6.45, 7) is 3.70. The number of rotatable bonds is 10. The lowest BCUT2D eigenvalue weighted by Gasteiger charge is -2.05. The van der Waals surface area contributed by atoms with E-state index in [9.17, 15) is 4.79 Å². The van der Waals surface area contributed by atoms with Crippen molar-refractivity contribution in [2.24, 2.45) is 10.7 Å². The number of nitrogens with one attached hydrogen (secondary N) is 2. The van der Waals surface area contributed by atoms with Crippen molar-refractivity contribution >= 4 is 11.9 Å². The largest absolute Gasteiger partial charge is 0.370 e. The van der Waals surface area contributed by atoms with Gasteiger partial charge in [0.1, 0.15) is 0 Å². The van der Waals surface area contributed by atoms with Gasteiger partial charge in [-0.3, -0.25) is 9.79 Å². The summed E-state index contributed by atoms with van der Waals surface area (Å²) in [7, 11) is 0. The highest BCUT2D eigenvalue weighted by Crippen LogP contribution is 2.18. The highest BCUT2D eigenvalue weighted by atomic mass is 16.1. The highest BCUT2D eigenvalue weighted by Gasteiger charge is 2.22. The van der Waals surface area contributed by atoms with Gasteiger partial charge in [0, 0.05) is 25.6 Å². The Morgan fingerprint density at radius 1 is 1.26 bits per heavy atom. The second-order valence-electron chi connectivity index (χ2n) is 5.20. The van der Waals surface area contributed by atoms with Crippen LogP contribution in [-0.4, -0.2) is 31.0 Å². The van der Waals surface area contributed by atoms with E-state index in [1.165, 1.54) is 19.3 Å². The molecule has 1 amide bonds.